The van der Waals surface area contributed by atoms with Crippen LogP contribution in [0.15, 0.2) is 24.3 Å². The summed E-state index contributed by atoms with van der Waals surface area (Å²) in [7, 11) is 0. The van der Waals surface area contributed by atoms with Gasteiger partial charge in [0, 0.05) is 25.3 Å². The minimum atomic E-state index is 0. The number of rotatable bonds is 7. The van der Waals surface area contributed by atoms with Gasteiger partial charge in [0.05, 0.1) is 0 Å². The molecular formula is C20H33Cl2N3O2. The van der Waals surface area contributed by atoms with Crippen molar-refractivity contribution in [3.05, 3.63) is 29.8 Å². The smallest absolute Gasteiger partial charge is 0.224 e. The maximum absolute atomic E-state index is 12.2. The molecule has 27 heavy (non-hydrogen) atoms. The summed E-state index contributed by atoms with van der Waals surface area (Å²) >= 11 is 0. The van der Waals surface area contributed by atoms with E-state index in [0.717, 1.165) is 57.7 Å². The average Bonchev–Trinajstić information content (AvgIpc) is 3.15. The Bertz CT molecular complexity index is 560. The molecule has 1 aromatic rings. The fourth-order valence-corrected chi connectivity index (χ4v) is 3.85. The van der Waals surface area contributed by atoms with Gasteiger partial charge in [-0.2, -0.15) is 0 Å². The summed E-state index contributed by atoms with van der Waals surface area (Å²) in [5.41, 5.74) is 2.14. The molecule has 3 N–H and O–H groups in total. The second-order valence-corrected chi connectivity index (χ2v) is 7.55. The lowest BCUT2D eigenvalue weighted by Crippen LogP contribution is -2.34. The van der Waals surface area contributed by atoms with Crippen molar-refractivity contribution in [2.75, 3.05) is 38.1 Å². The number of aliphatic hydroxyl groups is 1. The van der Waals surface area contributed by atoms with Crippen molar-refractivity contribution in [3.8, 4) is 0 Å². The Morgan fingerprint density at radius 3 is 2.63 bits per heavy atom. The number of hydrogen-bond acceptors (Lipinski definition) is 4. The number of carbonyl (C=O) groups excluding carboxylic acids is 1. The number of aliphatic hydroxyl groups excluding tert-OH is 1. The van der Waals surface area contributed by atoms with Gasteiger partial charge in [-0.15, -0.1) is 24.8 Å². The highest BCUT2D eigenvalue weighted by Gasteiger charge is 2.19. The van der Waals surface area contributed by atoms with Crippen molar-refractivity contribution in [3.63, 3.8) is 0 Å². The Morgan fingerprint density at radius 2 is 1.96 bits per heavy atom. The van der Waals surface area contributed by atoms with Gasteiger partial charge in [-0.1, -0.05) is 12.1 Å². The maximum atomic E-state index is 12.2. The first kappa shape index (κ1) is 24.2. The molecule has 154 valence electrons. The Labute approximate surface area is 175 Å². The molecule has 1 unspecified atom stereocenters. The number of likely N-dealkylation sites (tertiary alicyclic amines) is 1. The van der Waals surface area contributed by atoms with Gasteiger partial charge in [-0.05, 0) is 81.4 Å². The van der Waals surface area contributed by atoms with Crippen LogP contribution in [0.1, 0.15) is 37.7 Å². The van der Waals surface area contributed by atoms with Crippen molar-refractivity contribution in [2.24, 2.45) is 11.8 Å². The lowest BCUT2D eigenvalue weighted by Gasteiger charge is -2.31. The zero-order valence-electron chi connectivity index (χ0n) is 15.9. The predicted molar refractivity (Wildman–Crippen MR) is 115 cm³/mol. The van der Waals surface area contributed by atoms with E-state index in [1.807, 2.05) is 12.1 Å². The molecule has 1 atom stereocenters. The SMILES string of the molecule is Cl.Cl.O=C(CCC1CCNC1)Nc1cccc(CN2CCC(CO)CC2)c1. The minimum absolute atomic E-state index is 0. The second-order valence-electron chi connectivity index (χ2n) is 7.55. The summed E-state index contributed by atoms with van der Waals surface area (Å²) in [6.45, 7) is 5.44. The minimum Gasteiger partial charge on any atom is -0.396 e. The normalized spacial score (nSPS) is 20.6. The van der Waals surface area contributed by atoms with Crippen molar-refractivity contribution < 1.29 is 9.90 Å². The van der Waals surface area contributed by atoms with E-state index in [1.165, 1.54) is 12.0 Å². The third-order valence-electron chi connectivity index (χ3n) is 5.52. The first-order chi connectivity index (χ1) is 12.2. The quantitative estimate of drug-likeness (QED) is 0.637. The summed E-state index contributed by atoms with van der Waals surface area (Å²) < 4.78 is 0. The summed E-state index contributed by atoms with van der Waals surface area (Å²) in [4.78, 5) is 14.6. The van der Waals surface area contributed by atoms with Gasteiger partial charge in [0.2, 0.25) is 5.91 Å². The number of nitrogens with zero attached hydrogens (tertiary/aromatic N) is 1. The number of halogens is 2. The number of nitrogens with one attached hydrogen (secondary N) is 2. The lowest BCUT2D eigenvalue weighted by atomic mass is 9.97. The van der Waals surface area contributed by atoms with Crippen LogP contribution in [0.2, 0.25) is 0 Å². The average molecular weight is 418 g/mol. The van der Waals surface area contributed by atoms with Gasteiger partial charge >= 0.3 is 0 Å². The molecule has 2 heterocycles. The molecule has 0 bridgehead atoms. The molecule has 0 aliphatic carbocycles. The summed E-state index contributed by atoms with van der Waals surface area (Å²) in [6, 6.07) is 8.20. The van der Waals surface area contributed by atoms with Gasteiger partial charge in [-0.3, -0.25) is 9.69 Å². The van der Waals surface area contributed by atoms with Crippen LogP contribution < -0.4 is 10.6 Å². The summed E-state index contributed by atoms with van der Waals surface area (Å²) in [5, 5.41) is 15.6. The van der Waals surface area contributed by atoms with Crippen molar-refractivity contribution >= 4 is 36.4 Å². The summed E-state index contributed by atoms with van der Waals surface area (Å²) in [5.74, 6) is 1.24. The number of piperidine rings is 1. The number of amides is 1. The highest BCUT2D eigenvalue weighted by Crippen LogP contribution is 2.20. The van der Waals surface area contributed by atoms with E-state index in [0.29, 0.717) is 24.9 Å². The van der Waals surface area contributed by atoms with Crippen LogP contribution in [0.5, 0.6) is 0 Å². The molecule has 2 aliphatic rings. The molecular weight excluding hydrogens is 385 g/mol. The van der Waals surface area contributed by atoms with Crippen LogP contribution in [0, 0.1) is 11.8 Å². The van der Waals surface area contributed by atoms with Crippen LogP contribution in [0.3, 0.4) is 0 Å². The number of anilines is 1. The molecule has 0 aromatic heterocycles. The first-order valence-corrected chi connectivity index (χ1v) is 9.65. The van der Waals surface area contributed by atoms with E-state index in [2.05, 4.69) is 27.7 Å². The molecule has 1 aromatic carbocycles. The topological polar surface area (TPSA) is 64.6 Å². The molecule has 5 nitrogen and oxygen atoms in total. The third kappa shape index (κ3) is 7.96. The Balaban J connectivity index is 0.00000182. The van der Waals surface area contributed by atoms with E-state index in [-0.39, 0.29) is 30.7 Å². The molecule has 3 rings (SSSR count). The van der Waals surface area contributed by atoms with Gasteiger partial charge in [0.1, 0.15) is 0 Å². The van der Waals surface area contributed by atoms with Gasteiger partial charge in [0.15, 0.2) is 0 Å². The van der Waals surface area contributed by atoms with E-state index in [9.17, 15) is 9.90 Å². The summed E-state index contributed by atoms with van der Waals surface area (Å²) in [6.07, 6.45) is 4.91. The molecule has 2 aliphatic heterocycles. The highest BCUT2D eigenvalue weighted by atomic mass is 35.5. The molecule has 7 heteroatoms. The molecule has 0 spiro atoms. The van der Waals surface area contributed by atoms with E-state index in [1.54, 1.807) is 0 Å². The van der Waals surface area contributed by atoms with Crippen LogP contribution in [0.4, 0.5) is 5.69 Å². The van der Waals surface area contributed by atoms with E-state index >= 15 is 0 Å². The van der Waals surface area contributed by atoms with Crippen LogP contribution in [0.25, 0.3) is 0 Å². The van der Waals surface area contributed by atoms with Gasteiger partial charge in [-0.25, -0.2) is 0 Å². The fraction of sp³-hybridized carbons (Fsp3) is 0.650. The maximum Gasteiger partial charge on any atom is 0.224 e. The predicted octanol–water partition coefficient (Wildman–Crippen LogP) is 3.06. The van der Waals surface area contributed by atoms with E-state index < -0.39 is 0 Å². The monoisotopic (exact) mass is 417 g/mol. The van der Waals surface area contributed by atoms with Gasteiger partial charge in [0.25, 0.3) is 0 Å². The zero-order chi connectivity index (χ0) is 17.5. The van der Waals surface area contributed by atoms with Gasteiger partial charge < -0.3 is 15.7 Å². The molecule has 1 amide bonds. The molecule has 0 saturated carbocycles. The zero-order valence-corrected chi connectivity index (χ0v) is 17.5. The number of hydrogen-bond donors (Lipinski definition) is 3. The Morgan fingerprint density at radius 1 is 1.19 bits per heavy atom. The largest absolute Gasteiger partial charge is 0.396 e. The van der Waals surface area contributed by atoms with Crippen molar-refractivity contribution in [1.29, 1.82) is 0 Å². The first-order valence-electron chi connectivity index (χ1n) is 9.65. The lowest BCUT2D eigenvalue weighted by molar-refractivity contribution is -0.116. The molecule has 2 saturated heterocycles. The second kappa shape index (κ2) is 12.6. The number of benzene rings is 1. The third-order valence-corrected chi connectivity index (χ3v) is 5.52. The number of carbonyl (C=O) groups is 1. The highest BCUT2D eigenvalue weighted by molar-refractivity contribution is 5.90. The Hall–Kier alpha value is -0.850. The fourth-order valence-electron chi connectivity index (χ4n) is 3.85. The van der Waals surface area contributed by atoms with E-state index in [4.69, 9.17) is 0 Å². The van der Waals surface area contributed by atoms with Crippen LogP contribution >= 0.6 is 24.8 Å². The van der Waals surface area contributed by atoms with Crippen molar-refractivity contribution in [2.45, 2.75) is 38.6 Å². The Kier molecular flexibility index (Phi) is 11.3. The van der Waals surface area contributed by atoms with Crippen LogP contribution in [-0.4, -0.2) is 48.7 Å². The molecule has 2 fully saturated rings. The van der Waals surface area contributed by atoms with Crippen LogP contribution in [-0.2, 0) is 11.3 Å². The standard InChI is InChI=1S/C20H31N3O2.2ClH/c24-15-17-7-10-23(11-8-17)14-18-2-1-3-19(12-18)22-20(25)5-4-16-6-9-21-13-16;;/h1-3,12,16-17,21,24H,4-11,13-15H2,(H,22,25);2*1H. The molecule has 0 radical (unpaired) electrons. The van der Waals surface area contributed by atoms with Crippen molar-refractivity contribution in [1.82, 2.24) is 10.2 Å².